The highest BCUT2D eigenvalue weighted by Crippen LogP contribution is 2.54. The van der Waals surface area contributed by atoms with Crippen LogP contribution in [0.3, 0.4) is 0 Å². The molecule has 0 spiro atoms. The average Bonchev–Trinajstić information content (AvgIpc) is 2.18. The molecule has 1 aromatic carbocycles. The minimum absolute atomic E-state index is 0.139. The van der Waals surface area contributed by atoms with E-state index < -0.39 is 7.60 Å². The lowest BCUT2D eigenvalue weighted by atomic mass is 10.2. The van der Waals surface area contributed by atoms with Crippen molar-refractivity contribution in [3.63, 3.8) is 0 Å². The Morgan fingerprint density at radius 3 is 2.57 bits per heavy atom. The predicted molar refractivity (Wildman–Crippen MR) is 56.9 cm³/mol. The van der Waals surface area contributed by atoms with Gasteiger partial charge in [-0.15, -0.1) is 0 Å². The Morgan fingerprint density at radius 2 is 2.07 bits per heavy atom. The van der Waals surface area contributed by atoms with Crippen LogP contribution in [0, 0.1) is 0 Å². The number of hydrogen-bond donors (Lipinski definition) is 1. The zero-order valence-corrected chi connectivity index (χ0v) is 8.91. The van der Waals surface area contributed by atoms with E-state index in [9.17, 15) is 9.46 Å². The Balaban J connectivity index is 2.91. The quantitative estimate of drug-likeness (QED) is 0.780. The molecule has 1 N–H and O–H groups in total. The zero-order chi connectivity index (χ0) is 10.6. The van der Waals surface area contributed by atoms with Crippen molar-refractivity contribution in [3.8, 4) is 0 Å². The third kappa shape index (κ3) is 2.55. The summed E-state index contributed by atoms with van der Waals surface area (Å²) in [6.07, 6.45) is 0. The van der Waals surface area contributed by atoms with Gasteiger partial charge in [-0.2, -0.15) is 0 Å². The topological polar surface area (TPSA) is 46.5 Å². The first-order chi connectivity index (χ1) is 6.58. The molecular formula is C10H13O3P. The lowest BCUT2D eigenvalue weighted by Crippen LogP contribution is -1.91. The van der Waals surface area contributed by atoms with Crippen molar-refractivity contribution in [1.29, 1.82) is 0 Å². The summed E-state index contributed by atoms with van der Waals surface area (Å²) in [5, 5.41) is 0.139. The smallest absolute Gasteiger partial charge is 0.321 e. The van der Waals surface area contributed by atoms with Gasteiger partial charge in [0.25, 0.3) is 0 Å². The molecule has 0 aliphatic rings. The van der Waals surface area contributed by atoms with E-state index in [4.69, 9.17) is 4.52 Å². The average molecular weight is 212 g/mol. The second kappa shape index (κ2) is 4.56. The summed E-state index contributed by atoms with van der Waals surface area (Å²) >= 11 is 0. The molecule has 1 aromatic rings. The first-order valence-electron chi connectivity index (χ1n) is 4.30. The van der Waals surface area contributed by atoms with Crippen LogP contribution in [0.25, 0.3) is 5.31 Å². The molecule has 0 saturated carbocycles. The Labute approximate surface area is 83.6 Å². The third-order valence-electron chi connectivity index (χ3n) is 1.75. The van der Waals surface area contributed by atoms with Gasteiger partial charge in [-0.05, 0) is 12.5 Å². The maximum absolute atomic E-state index is 11.5. The molecule has 0 saturated heterocycles. The number of benzene rings is 1. The summed E-state index contributed by atoms with van der Waals surface area (Å²) in [5.41, 5.74) is 0.631. The molecule has 0 radical (unpaired) electrons. The molecule has 0 heterocycles. The molecule has 1 atom stereocenters. The molecular weight excluding hydrogens is 199 g/mol. The summed E-state index contributed by atoms with van der Waals surface area (Å²) < 4.78 is 16.3. The van der Waals surface area contributed by atoms with Gasteiger partial charge in [0.2, 0.25) is 0 Å². The zero-order valence-electron chi connectivity index (χ0n) is 8.01. The SMILES string of the molecule is C=C(c1ccccc1)P(=O)(O)OCC. The van der Waals surface area contributed by atoms with Crippen LogP contribution in [0.2, 0.25) is 0 Å². The molecule has 3 nitrogen and oxygen atoms in total. The maximum Gasteiger partial charge on any atom is 0.358 e. The lowest BCUT2D eigenvalue weighted by molar-refractivity contribution is 0.285. The van der Waals surface area contributed by atoms with E-state index in [0.717, 1.165) is 0 Å². The lowest BCUT2D eigenvalue weighted by Gasteiger charge is -2.13. The molecule has 0 aliphatic heterocycles. The van der Waals surface area contributed by atoms with E-state index in [0.29, 0.717) is 5.56 Å². The second-order valence-electron chi connectivity index (χ2n) is 2.75. The first kappa shape index (κ1) is 11.2. The van der Waals surface area contributed by atoms with Crippen molar-refractivity contribution in [2.24, 2.45) is 0 Å². The monoisotopic (exact) mass is 212 g/mol. The van der Waals surface area contributed by atoms with Crippen molar-refractivity contribution in [2.75, 3.05) is 6.61 Å². The fourth-order valence-electron chi connectivity index (χ4n) is 1.05. The van der Waals surface area contributed by atoms with Crippen molar-refractivity contribution in [2.45, 2.75) is 6.92 Å². The Morgan fingerprint density at radius 1 is 1.50 bits per heavy atom. The fraction of sp³-hybridized carbons (Fsp3) is 0.200. The van der Waals surface area contributed by atoms with Crippen molar-refractivity contribution in [1.82, 2.24) is 0 Å². The predicted octanol–water partition coefficient (Wildman–Crippen LogP) is 2.88. The number of hydrogen-bond acceptors (Lipinski definition) is 2. The van der Waals surface area contributed by atoms with Gasteiger partial charge < -0.3 is 9.42 Å². The summed E-state index contributed by atoms with van der Waals surface area (Å²) in [6.45, 7) is 5.44. The van der Waals surface area contributed by atoms with E-state index >= 15 is 0 Å². The van der Waals surface area contributed by atoms with E-state index in [-0.39, 0.29) is 11.9 Å². The van der Waals surface area contributed by atoms with E-state index in [1.54, 1.807) is 31.2 Å². The fourth-order valence-corrected chi connectivity index (χ4v) is 2.03. The number of rotatable bonds is 4. The molecule has 0 bridgehead atoms. The highest BCUT2D eigenvalue weighted by Gasteiger charge is 2.24. The van der Waals surface area contributed by atoms with E-state index in [1.165, 1.54) is 0 Å². The molecule has 14 heavy (non-hydrogen) atoms. The van der Waals surface area contributed by atoms with Gasteiger partial charge in [-0.25, -0.2) is 0 Å². The van der Waals surface area contributed by atoms with Gasteiger partial charge in [-0.1, -0.05) is 36.9 Å². The second-order valence-corrected chi connectivity index (χ2v) is 4.59. The highest BCUT2D eigenvalue weighted by molar-refractivity contribution is 7.64. The largest absolute Gasteiger partial charge is 0.358 e. The van der Waals surface area contributed by atoms with Crippen LogP contribution in [0.4, 0.5) is 0 Å². The molecule has 1 unspecified atom stereocenters. The molecule has 4 heteroatoms. The van der Waals surface area contributed by atoms with Crippen molar-refractivity contribution >= 4 is 12.9 Å². The molecule has 0 aliphatic carbocycles. The summed E-state index contributed by atoms with van der Waals surface area (Å²) in [7, 11) is -3.70. The van der Waals surface area contributed by atoms with Gasteiger partial charge in [0.1, 0.15) is 0 Å². The molecule has 0 amide bonds. The van der Waals surface area contributed by atoms with Crippen LogP contribution in [-0.2, 0) is 9.09 Å². The highest BCUT2D eigenvalue weighted by atomic mass is 31.2. The van der Waals surface area contributed by atoms with Crippen LogP contribution < -0.4 is 0 Å². The minimum Gasteiger partial charge on any atom is -0.321 e. The van der Waals surface area contributed by atoms with Crippen LogP contribution in [0.1, 0.15) is 12.5 Å². The van der Waals surface area contributed by atoms with Crippen molar-refractivity contribution < 1.29 is 14.0 Å². The molecule has 0 aromatic heterocycles. The molecule has 76 valence electrons. The third-order valence-corrected chi connectivity index (χ3v) is 3.30. The van der Waals surface area contributed by atoms with Crippen LogP contribution in [0.15, 0.2) is 36.9 Å². The maximum atomic E-state index is 11.5. The van der Waals surface area contributed by atoms with Gasteiger partial charge in [0.05, 0.1) is 11.9 Å². The van der Waals surface area contributed by atoms with E-state index in [2.05, 4.69) is 6.58 Å². The summed E-state index contributed by atoms with van der Waals surface area (Å²) in [4.78, 5) is 9.47. The Kier molecular flexibility index (Phi) is 3.64. The van der Waals surface area contributed by atoms with Gasteiger partial charge in [0.15, 0.2) is 0 Å². The van der Waals surface area contributed by atoms with Gasteiger partial charge >= 0.3 is 7.60 Å². The Hall–Kier alpha value is -0.890. The van der Waals surface area contributed by atoms with Gasteiger partial charge in [0, 0.05) is 0 Å². The van der Waals surface area contributed by atoms with Crippen LogP contribution >= 0.6 is 7.60 Å². The first-order valence-corrected chi connectivity index (χ1v) is 5.88. The molecule has 1 rings (SSSR count). The Bertz CT molecular complexity index is 359. The van der Waals surface area contributed by atoms with Crippen molar-refractivity contribution in [3.05, 3.63) is 42.5 Å². The summed E-state index contributed by atoms with van der Waals surface area (Å²) in [5.74, 6) is 0. The standard InChI is InChI=1S/C10H13O3P/c1-3-13-14(11,12)9(2)10-7-5-4-6-8-10/h4-8H,2-3H2,1H3,(H,11,12). The van der Waals surface area contributed by atoms with E-state index in [1.807, 2.05) is 6.07 Å². The van der Waals surface area contributed by atoms with Gasteiger partial charge in [-0.3, -0.25) is 4.57 Å². The summed E-state index contributed by atoms with van der Waals surface area (Å²) in [6, 6.07) is 8.85. The van der Waals surface area contributed by atoms with Crippen LogP contribution in [-0.4, -0.2) is 11.5 Å². The normalized spacial score (nSPS) is 14.7. The van der Waals surface area contributed by atoms with Crippen LogP contribution in [0.5, 0.6) is 0 Å². The molecule has 0 fully saturated rings. The minimum atomic E-state index is -3.70.